The van der Waals surface area contributed by atoms with Crippen molar-refractivity contribution in [1.82, 2.24) is 0 Å². The van der Waals surface area contributed by atoms with Crippen molar-refractivity contribution >= 4 is 0 Å². The fourth-order valence-corrected chi connectivity index (χ4v) is 5.04. The summed E-state index contributed by atoms with van der Waals surface area (Å²) in [5.41, 5.74) is 3.40. The van der Waals surface area contributed by atoms with Gasteiger partial charge in [0.25, 0.3) is 0 Å². The average Bonchev–Trinajstić information content (AvgIpc) is 2.89. The van der Waals surface area contributed by atoms with E-state index in [0.717, 1.165) is 56.1 Å². The first-order chi connectivity index (χ1) is 17.5. The van der Waals surface area contributed by atoms with Crippen LogP contribution in [0.4, 0.5) is 13.2 Å². The predicted molar refractivity (Wildman–Crippen MR) is 141 cm³/mol. The number of halogens is 3. The average molecular weight is 493 g/mol. The molecule has 4 heteroatoms. The molecule has 0 aromatic heterocycles. The van der Waals surface area contributed by atoms with Crippen molar-refractivity contribution in [2.45, 2.75) is 64.2 Å². The third kappa shape index (κ3) is 6.40. The first-order valence-corrected chi connectivity index (χ1v) is 13.1. The van der Waals surface area contributed by atoms with Gasteiger partial charge in [0.2, 0.25) is 0 Å². The largest absolute Gasteiger partial charge is 0.491 e. The standard InChI is InChI=1S/C32H35F3O/c1-3-4-5-20-36-30-19-12-24(21-29(30)33)9-8-23-10-15-26(16-11-23)28-18-17-27(31(34)32(28)35)25-13-6-22(2)7-14-25/h3,10-12,15-19,21-22,25H,1,4-9,13-14,20H2,2H3. The second kappa shape index (κ2) is 12.3. The lowest BCUT2D eigenvalue weighted by molar-refractivity contribution is 0.296. The van der Waals surface area contributed by atoms with Crippen LogP contribution in [0.5, 0.6) is 5.75 Å². The molecule has 3 aromatic carbocycles. The zero-order valence-corrected chi connectivity index (χ0v) is 21.0. The Kier molecular flexibility index (Phi) is 8.90. The number of rotatable bonds is 10. The SMILES string of the molecule is C=CCCCOc1ccc(CCc2ccc(-c3ccc(C4CCC(C)CC4)c(F)c3F)cc2)cc1F. The fraction of sp³-hybridized carbons (Fsp3) is 0.375. The van der Waals surface area contributed by atoms with Gasteiger partial charge < -0.3 is 4.74 Å². The van der Waals surface area contributed by atoms with Gasteiger partial charge in [-0.2, -0.15) is 0 Å². The molecule has 0 bridgehead atoms. The topological polar surface area (TPSA) is 9.23 Å². The van der Waals surface area contributed by atoms with Gasteiger partial charge in [-0.05, 0) is 84.7 Å². The number of hydrogen-bond donors (Lipinski definition) is 0. The van der Waals surface area contributed by atoms with E-state index in [1.807, 2.05) is 36.4 Å². The van der Waals surface area contributed by atoms with Crippen molar-refractivity contribution in [2.75, 3.05) is 6.61 Å². The summed E-state index contributed by atoms with van der Waals surface area (Å²) in [7, 11) is 0. The van der Waals surface area contributed by atoms with Crippen molar-refractivity contribution < 1.29 is 17.9 Å². The molecular weight excluding hydrogens is 457 g/mol. The summed E-state index contributed by atoms with van der Waals surface area (Å²) in [6.45, 7) is 6.35. The molecule has 0 aliphatic heterocycles. The van der Waals surface area contributed by atoms with E-state index in [0.29, 0.717) is 30.1 Å². The van der Waals surface area contributed by atoms with E-state index in [1.165, 1.54) is 6.07 Å². The third-order valence-corrected chi connectivity index (χ3v) is 7.34. The molecule has 0 spiro atoms. The summed E-state index contributed by atoms with van der Waals surface area (Å²) in [6.07, 6.45) is 8.82. The van der Waals surface area contributed by atoms with Crippen LogP contribution >= 0.6 is 0 Å². The van der Waals surface area contributed by atoms with Crippen LogP contribution in [0.1, 0.15) is 68.1 Å². The number of aryl methyl sites for hydroxylation is 2. The van der Waals surface area contributed by atoms with Crippen LogP contribution in [0.25, 0.3) is 11.1 Å². The first kappa shape index (κ1) is 26.1. The molecule has 1 nitrogen and oxygen atoms in total. The van der Waals surface area contributed by atoms with E-state index >= 15 is 4.39 Å². The number of ether oxygens (including phenoxy) is 1. The molecule has 0 N–H and O–H groups in total. The van der Waals surface area contributed by atoms with Gasteiger partial charge >= 0.3 is 0 Å². The quantitative estimate of drug-likeness (QED) is 0.202. The van der Waals surface area contributed by atoms with Gasteiger partial charge in [0.05, 0.1) is 6.61 Å². The van der Waals surface area contributed by atoms with Gasteiger partial charge in [-0.3, -0.25) is 0 Å². The lowest BCUT2D eigenvalue weighted by atomic mass is 9.79. The summed E-state index contributed by atoms with van der Waals surface area (Å²) >= 11 is 0. The van der Waals surface area contributed by atoms with Crippen LogP contribution in [-0.4, -0.2) is 6.61 Å². The highest BCUT2D eigenvalue weighted by molar-refractivity contribution is 5.65. The van der Waals surface area contributed by atoms with Crippen LogP contribution in [0.15, 0.2) is 67.3 Å². The maximum Gasteiger partial charge on any atom is 0.166 e. The van der Waals surface area contributed by atoms with Gasteiger partial charge in [0.1, 0.15) is 0 Å². The number of benzene rings is 3. The molecule has 36 heavy (non-hydrogen) atoms. The van der Waals surface area contributed by atoms with E-state index in [2.05, 4.69) is 13.5 Å². The molecule has 0 amide bonds. The summed E-state index contributed by atoms with van der Waals surface area (Å²) < 4.78 is 49.8. The molecule has 1 saturated carbocycles. The highest BCUT2D eigenvalue weighted by Crippen LogP contribution is 2.38. The molecule has 3 aromatic rings. The molecule has 0 unspecified atom stereocenters. The summed E-state index contributed by atoms with van der Waals surface area (Å²) in [6, 6.07) is 16.1. The lowest BCUT2D eigenvalue weighted by Crippen LogP contribution is -2.13. The van der Waals surface area contributed by atoms with Gasteiger partial charge in [-0.1, -0.05) is 68.3 Å². The zero-order chi connectivity index (χ0) is 25.5. The van der Waals surface area contributed by atoms with Crippen LogP contribution in [0, 0.1) is 23.4 Å². The minimum absolute atomic E-state index is 0.106. The Morgan fingerprint density at radius 2 is 1.56 bits per heavy atom. The van der Waals surface area contributed by atoms with Crippen molar-refractivity contribution in [3.05, 3.63) is 101 Å². The zero-order valence-electron chi connectivity index (χ0n) is 21.0. The Hall–Kier alpha value is -3.01. The molecular formula is C32H35F3O. The minimum atomic E-state index is -0.763. The molecule has 0 saturated heterocycles. The normalized spacial score (nSPS) is 17.7. The number of unbranched alkanes of at least 4 members (excludes halogenated alkanes) is 1. The molecule has 0 heterocycles. The maximum atomic E-state index is 15.0. The van der Waals surface area contributed by atoms with E-state index < -0.39 is 11.6 Å². The van der Waals surface area contributed by atoms with Gasteiger partial charge in [-0.25, -0.2) is 13.2 Å². The smallest absolute Gasteiger partial charge is 0.166 e. The van der Waals surface area contributed by atoms with E-state index in [-0.39, 0.29) is 23.0 Å². The second-order valence-corrected chi connectivity index (χ2v) is 10.0. The Morgan fingerprint density at radius 3 is 2.25 bits per heavy atom. The highest BCUT2D eigenvalue weighted by atomic mass is 19.2. The summed E-state index contributed by atoms with van der Waals surface area (Å²) in [4.78, 5) is 0. The molecule has 1 aliphatic rings. The van der Waals surface area contributed by atoms with Crippen molar-refractivity contribution in [3.8, 4) is 16.9 Å². The monoisotopic (exact) mass is 492 g/mol. The van der Waals surface area contributed by atoms with Crippen LogP contribution < -0.4 is 4.74 Å². The van der Waals surface area contributed by atoms with Gasteiger partial charge in [0, 0.05) is 5.56 Å². The van der Waals surface area contributed by atoms with Gasteiger partial charge in [0.15, 0.2) is 23.2 Å². The minimum Gasteiger partial charge on any atom is -0.491 e. The van der Waals surface area contributed by atoms with Crippen molar-refractivity contribution in [1.29, 1.82) is 0 Å². The molecule has 190 valence electrons. The van der Waals surface area contributed by atoms with Crippen LogP contribution in [0.3, 0.4) is 0 Å². The van der Waals surface area contributed by atoms with Crippen molar-refractivity contribution in [2.24, 2.45) is 5.92 Å². The van der Waals surface area contributed by atoms with Crippen LogP contribution in [0.2, 0.25) is 0 Å². The Labute approximate surface area is 213 Å². The van der Waals surface area contributed by atoms with Crippen molar-refractivity contribution in [3.63, 3.8) is 0 Å². The summed E-state index contributed by atoms with van der Waals surface area (Å²) in [5.74, 6) is -0.783. The number of hydrogen-bond acceptors (Lipinski definition) is 1. The molecule has 0 atom stereocenters. The molecule has 0 radical (unpaired) electrons. The number of allylic oxidation sites excluding steroid dienone is 1. The molecule has 1 aliphatic carbocycles. The molecule has 4 rings (SSSR count). The van der Waals surface area contributed by atoms with E-state index in [1.54, 1.807) is 18.2 Å². The third-order valence-electron chi connectivity index (χ3n) is 7.34. The Morgan fingerprint density at radius 1 is 0.861 bits per heavy atom. The second-order valence-electron chi connectivity index (χ2n) is 10.0. The van der Waals surface area contributed by atoms with Gasteiger partial charge in [-0.15, -0.1) is 6.58 Å². The summed E-state index contributed by atoms with van der Waals surface area (Å²) in [5, 5.41) is 0. The Bertz CT molecular complexity index is 1160. The predicted octanol–water partition coefficient (Wildman–Crippen LogP) is 9.19. The fourth-order valence-electron chi connectivity index (χ4n) is 5.04. The van der Waals surface area contributed by atoms with E-state index in [9.17, 15) is 8.78 Å². The molecule has 1 fully saturated rings. The lowest BCUT2D eigenvalue weighted by Gasteiger charge is -2.27. The maximum absolute atomic E-state index is 15.0. The Balaban J connectivity index is 1.37. The van der Waals surface area contributed by atoms with E-state index in [4.69, 9.17) is 4.74 Å². The highest BCUT2D eigenvalue weighted by Gasteiger charge is 2.25. The first-order valence-electron chi connectivity index (χ1n) is 13.1. The van der Waals surface area contributed by atoms with Crippen LogP contribution in [-0.2, 0) is 12.8 Å².